The van der Waals surface area contributed by atoms with Gasteiger partial charge in [0, 0.05) is 49.3 Å². The molecule has 8 heteroatoms. The Labute approximate surface area is 196 Å². The lowest BCUT2D eigenvalue weighted by molar-refractivity contribution is 0.0626. The number of rotatable bonds is 2. The molecule has 2 aliphatic heterocycles. The molecule has 3 aromatic heterocycles. The third-order valence-electron chi connectivity index (χ3n) is 7.00. The monoisotopic (exact) mass is 458 g/mol. The van der Waals surface area contributed by atoms with Crippen LogP contribution < -0.4 is 5.32 Å². The van der Waals surface area contributed by atoms with Crippen molar-refractivity contribution in [1.82, 2.24) is 29.6 Å². The summed E-state index contributed by atoms with van der Waals surface area (Å²) in [7, 11) is 0. The van der Waals surface area contributed by atoms with Gasteiger partial charge in [0.15, 0.2) is 0 Å². The fraction of sp³-hybridized carbons (Fsp3) is 0.360. The first-order valence-corrected chi connectivity index (χ1v) is 12.2. The van der Waals surface area contributed by atoms with Crippen LogP contribution >= 0.6 is 11.3 Å². The van der Waals surface area contributed by atoms with Crippen molar-refractivity contribution in [2.45, 2.75) is 45.2 Å². The minimum absolute atomic E-state index is 0.0158. The van der Waals surface area contributed by atoms with Gasteiger partial charge in [0.25, 0.3) is 5.91 Å². The van der Waals surface area contributed by atoms with Gasteiger partial charge in [0.1, 0.15) is 5.69 Å². The molecule has 0 unspecified atom stereocenters. The molecule has 1 N–H and O–H groups in total. The van der Waals surface area contributed by atoms with E-state index in [1.54, 1.807) is 17.5 Å². The van der Waals surface area contributed by atoms with Gasteiger partial charge in [-0.2, -0.15) is 0 Å². The Morgan fingerprint density at radius 1 is 1.09 bits per heavy atom. The lowest BCUT2D eigenvalue weighted by atomic mass is 9.78. The summed E-state index contributed by atoms with van der Waals surface area (Å²) in [5, 5.41) is 4.80. The largest absolute Gasteiger partial charge is 0.337 e. The zero-order chi connectivity index (χ0) is 22.6. The summed E-state index contributed by atoms with van der Waals surface area (Å²) in [6, 6.07) is 8.67. The van der Waals surface area contributed by atoms with Crippen LogP contribution in [-0.4, -0.2) is 48.8 Å². The normalized spacial score (nSPS) is 17.5. The molecule has 0 radical (unpaired) electrons. The number of nitrogens with zero attached hydrogens (tertiary/aromatic N) is 5. The lowest BCUT2D eigenvalue weighted by Crippen LogP contribution is -2.57. The predicted molar refractivity (Wildman–Crippen MR) is 128 cm³/mol. The van der Waals surface area contributed by atoms with E-state index in [-0.39, 0.29) is 11.4 Å². The summed E-state index contributed by atoms with van der Waals surface area (Å²) in [6.07, 6.45) is 8.54. The van der Waals surface area contributed by atoms with Gasteiger partial charge in [-0.05, 0) is 44.2 Å². The highest BCUT2D eigenvalue weighted by molar-refractivity contribution is 7.15. The number of imidazole rings is 1. The highest BCUT2D eigenvalue weighted by Gasteiger charge is 2.38. The summed E-state index contributed by atoms with van der Waals surface area (Å²) < 4.78 is 1.85. The molecule has 0 aliphatic carbocycles. The highest BCUT2D eigenvalue weighted by Crippen LogP contribution is 2.32. The molecule has 0 bridgehead atoms. The molecule has 0 atom stereocenters. The van der Waals surface area contributed by atoms with Gasteiger partial charge in [-0.3, -0.25) is 9.20 Å². The van der Waals surface area contributed by atoms with Gasteiger partial charge in [0.05, 0.1) is 15.6 Å². The molecular weight excluding hydrogens is 432 g/mol. The molecule has 1 fully saturated rings. The van der Waals surface area contributed by atoms with Crippen molar-refractivity contribution in [2.75, 3.05) is 13.1 Å². The molecule has 5 heterocycles. The Balaban J connectivity index is 1.19. The number of likely N-dealkylation sites (tertiary alicyclic amines) is 1. The summed E-state index contributed by atoms with van der Waals surface area (Å²) in [6.45, 7) is 6.39. The van der Waals surface area contributed by atoms with E-state index in [0.717, 1.165) is 60.0 Å². The summed E-state index contributed by atoms with van der Waals surface area (Å²) in [5.74, 6) is 0.526. The van der Waals surface area contributed by atoms with Gasteiger partial charge in [0.2, 0.25) is 5.78 Å². The molecule has 4 aromatic rings. The topological polar surface area (TPSA) is 75.4 Å². The number of carbonyl (C=O) groups excluding carboxylic acids is 1. The second-order valence-corrected chi connectivity index (χ2v) is 10.4. The number of carbonyl (C=O) groups is 1. The number of aromatic nitrogens is 4. The number of thiazole rings is 1. The average Bonchev–Trinajstić information content (AvgIpc) is 3.40. The summed E-state index contributed by atoms with van der Waals surface area (Å²) >= 11 is 1.65. The Kier molecular flexibility index (Phi) is 4.81. The van der Waals surface area contributed by atoms with E-state index in [0.29, 0.717) is 11.5 Å². The van der Waals surface area contributed by atoms with Crippen molar-refractivity contribution in [3.05, 3.63) is 70.4 Å². The van der Waals surface area contributed by atoms with Crippen LogP contribution in [0.1, 0.15) is 45.2 Å². The van der Waals surface area contributed by atoms with Crippen molar-refractivity contribution in [3.8, 4) is 10.4 Å². The second kappa shape index (κ2) is 7.74. The van der Waals surface area contributed by atoms with Crippen LogP contribution in [0, 0.1) is 13.8 Å². The minimum Gasteiger partial charge on any atom is -0.337 e. The summed E-state index contributed by atoms with van der Waals surface area (Å²) in [4.78, 5) is 29.8. The average molecular weight is 459 g/mol. The number of aryl methyl sites for hydroxylation is 2. The van der Waals surface area contributed by atoms with Crippen molar-refractivity contribution in [1.29, 1.82) is 0 Å². The van der Waals surface area contributed by atoms with Gasteiger partial charge in [-0.1, -0.05) is 24.3 Å². The number of benzene rings is 1. The first-order chi connectivity index (χ1) is 16.0. The molecule has 7 nitrogen and oxygen atoms in total. The molecular formula is C25H26N6OS. The van der Waals surface area contributed by atoms with Crippen LogP contribution in [-0.2, 0) is 13.0 Å². The van der Waals surface area contributed by atoms with E-state index in [2.05, 4.69) is 44.5 Å². The lowest BCUT2D eigenvalue weighted by Gasteiger charge is -2.45. The van der Waals surface area contributed by atoms with Gasteiger partial charge in [-0.25, -0.2) is 15.0 Å². The van der Waals surface area contributed by atoms with Crippen molar-refractivity contribution in [2.24, 2.45) is 0 Å². The molecule has 2 aliphatic rings. The van der Waals surface area contributed by atoms with Crippen LogP contribution in [0.5, 0.6) is 0 Å². The fourth-order valence-electron chi connectivity index (χ4n) is 5.17. The van der Waals surface area contributed by atoms with E-state index in [9.17, 15) is 4.79 Å². The Morgan fingerprint density at radius 3 is 2.64 bits per heavy atom. The number of amides is 1. The van der Waals surface area contributed by atoms with Crippen LogP contribution in [0.25, 0.3) is 16.2 Å². The molecule has 0 saturated carbocycles. The van der Waals surface area contributed by atoms with E-state index >= 15 is 0 Å². The fourth-order valence-corrected chi connectivity index (χ4v) is 6.06. The zero-order valence-electron chi connectivity index (χ0n) is 18.8. The van der Waals surface area contributed by atoms with Crippen LogP contribution in [0.4, 0.5) is 0 Å². The zero-order valence-corrected chi connectivity index (χ0v) is 19.7. The number of fused-ring (bicyclic) bond motifs is 2. The third-order valence-corrected chi connectivity index (χ3v) is 8.13. The maximum Gasteiger partial charge on any atom is 0.274 e. The maximum absolute atomic E-state index is 13.2. The molecule has 33 heavy (non-hydrogen) atoms. The molecule has 6 rings (SSSR count). The van der Waals surface area contributed by atoms with E-state index in [1.807, 2.05) is 35.5 Å². The number of piperidine rings is 1. The van der Waals surface area contributed by atoms with Crippen molar-refractivity contribution < 1.29 is 4.79 Å². The molecule has 168 valence electrons. The van der Waals surface area contributed by atoms with Gasteiger partial charge >= 0.3 is 0 Å². The second-order valence-electron chi connectivity index (χ2n) is 9.20. The molecule has 1 spiro atoms. The van der Waals surface area contributed by atoms with Crippen LogP contribution in [0.2, 0.25) is 0 Å². The summed E-state index contributed by atoms with van der Waals surface area (Å²) in [5.41, 5.74) is 5.36. The van der Waals surface area contributed by atoms with Gasteiger partial charge < -0.3 is 10.2 Å². The van der Waals surface area contributed by atoms with Crippen LogP contribution in [0.15, 0.2) is 42.9 Å². The Bertz CT molecular complexity index is 1360. The Hall–Kier alpha value is -3.10. The van der Waals surface area contributed by atoms with Crippen molar-refractivity contribution >= 4 is 23.0 Å². The highest BCUT2D eigenvalue weighted by atomic mass is 32.1. The molecule has 1 amide bonds. The minimum atomic E-state index is -0.0158. The SMILES string of the molecule is Cc1nc(C)c(-c2cnc3nc(C(=O)N4CCC5(CC4)Cc4ccccc4CN5)cn3c2)s1. The van der Waals surface area contributed by atoms with E-state index in [1.165, 1.54) is 11.1 Å². The van der Waals surface area contributed by atoms with Crippen LogP contribution in [0.3, 0.4) is 0 Å². The third kappa shape index (κ3) is 3.63. The Morgan fingerprint density at radius 2 is 1.88 bits per heavy atom. The maximum atomic E-state index is 13.2. The molecule has 1 saturated heterocycles. The molecule has 1 aromatic carbocycles. The smallest absolute Gasteiger partial charge is 0.274 e. The first-order valence-electron chi connectivity index (χ1n) is 11.4. The number of nitrogens with one attached hydrogen (secondary N) is 1. The number of hydrogen-bond acceptors (Lipinski definition) is 6. The first kappa shape index (κ1) is 20.5. The quantitative estimate of drug-likeness (QED) is 0.495. The van der Waals surface area contributed by atoms with Gasteiger partial charge in [-0.15, -0.1) is 11.3 Å². The van der Waals surface area contributed by atoms with Crippen molar-refractivity contribution in [3.63, 3.8) is 0 Å². The van der Waals surface area contributed by atoms with E-state index in [4.69, 9.17) is 0 Å². The number of hydrogen-bond donors (Lipinski definition) is 1. The predicted octanol–water partition coefficient (Wildman–Crippen LogP) is 3.79. The standard InChI is InChI=1S/C25H26N6OS/c1-16-22(33-17(2)28-16)20-12-26-24-29-21(15-31(24)14-20)23(32)30-9-7-25(8-10-30)11-18-5-3-4-6-19(18)13-27-25/h3-6,12,14-15,27H,7-11,13H2,1-2H3. The van der Waals surface area contributed by atoms with E-state index < -0.39 is 0 Å².